The molecule has 2 heterocycles. The average Bonchev–Trinajstić information content (AvgIpc) is 3.00. The van der Waals surface area contributed by atoms with E-state index in [1.807, 2.05) is 13.0 Å². The maximum Gasteiger partial charge on any atom is 0.279 e. The van der Waals surface area contributed by atoms with Gasteiger partial charge in [0.1, 0.15) is 19.0 Å². The Morgan fingerprint density at radius 1 is 1.23 bits per heavy atom. The summed E-state index contributed by atoms with van der Waals surface area (Å²) < 4.78 is 27.8. The standard InChI is InChI=1S/C19H17FN2O3S/c1-2-8-22-17-13(20)4-3-5-16(17)26-19(22)21-18(23)12-6-7-14-15(11-12)25-10-9-24-14/h3-7,11H,2,8-10H2,1H3. The van der Waals surface area contributed by atoms with Crippen molar-refractivity contribution >= 4 is 27.5 Å². The number of halogens is 1. The largest absolute Gasteiger partial charge is 0.486 e. The molecule has 0 bridgehead atoms. The number of rotatable bonds is 3. The van der Waals surface area contributed by atoms with Gasteiger partial charge < -0.3 is 14.0 Å². The molecule has 0 unspecified atom stereocenters. The van der Waals surface area contributed by atoms with Crippen molar-refractivity contribution in [1.29, 1.82) is 0 Å². The number of thiazole rings is 1. The minimum atomic E-state index is -0.390. The van der Waals surface area contributed by atoms with E-state index in [4.69, 9.17) is 9.47 Å². The SMILES string of the molecule is CCCn1c(=NC(=O)c2ccc3c(c2)OCCO3)sc2cccc(F)c21. The summed E-state index contributed by atoms with van der Waals surface area (Å²) in [6.45, 7) is 3.54. The number of hydrogen-bond acceptors (Lipinski definition) is 4. The van der Waals surface area contributed by atoms with Gasteiger partial charge in [-0.3, -0.25) is 4.79 Å². The van der Waals surface area contributed by atoms with Crippen LogP contribution in [0.4, 0.5) is 4.39 Å². The lowest BCUT2D eigenvalue weighted by molar-refractivity contribution is 0.0996. The van der Waals surface area contributed by atoms with Crippen LogP contribution in [0, 0.1) is 5.82 Å². The van der Waals surface area contributed by atoms with Crippen LogP contribution in [0.1, 0.15) is 23.7 Å². The molecule has 0 spiro atoms. The fourth-order valence-corrected chi connectivity index (χ4v) is 4.00. The van der Waals surface area contributed by atoms with Crippen LogP contribution in [0.5, 0.6) is 11.5 Å². The van der Waals surface area contributed by atoms with E-state index in [2.05, 4.69) is 4.99 Å². The fourth-order valence-electron chi connectivity index (χ4n) is 2.93. The highest BCUT2D eigenvalue weighted by atomic mass is 32.1. The highest BCUT2D eigenvalue weighted by molar-refractivity contribution is 7.16. The van der Waals surface area contributed by atoms with Crippen molar-refractivity contribution in [3.8, 4) is 11.5 Å². The third-order valence-electron chi connectivity index (χ3n) is 4.09. The zero-order chi connectivity index (χ0) is 18.1. The maximum atomic E-state index is 14.3. The monoisotopic (exact) mass is 372 g/mol. The number of aromatic nitrogens is 1. The number of hydrogen-bond donors (Lipinski definition) is 0. The maximum absolute atomic E-state index is 14.3. The number of para-hydroxylation sites is 1. The number of aryl methyl sites for hydroxylation is 1. The van der Waals surface area contributed by atoms with Crippen molar-refractivity contribution in [3.05, 3.63) is 52.6 Å². The van der Waals surface area contributed by atoms with Gasteiger partial charge in [-0.1, -0.05) is 24.3 Å². The number of carbonyl (C=O) groups excluding carboxylic acids is 1. The summed E-state index contributed by atoms with van der Waals surface area (Å²) in [6, 6.07) is 9.94. The Kier molecular flexibility index (Phi) is 4.46. The third-order valence-corrected chi connectivity index (χ3v) is 5.13. The van der Waals surface area contributed by atoms with E-state index < -0.39 is 5.91 Å². The van der Waals surface area contributed by atoms with E-state index in [0.29, 0.717) is 47.1 Å². The summed E-state index contributed by atoms with van der Waals surface area (Å²) in [7, 11) is 0. The summed E-state index contributed by atoms with van der Waals surface area (Å²) in [4.78, 5) is 17.4. The second kappa shape index (κ2) is 6.92. The van der Waals surface area contributed by atoms with Crippen LogP contribution in [0.3, 0.4) is 0 Å². The molecule has 26 heavy (non-hydrogen) atoms. The second-order valence-corrected chi connectivity index (χ2v) is 6.91. The molecule has 0 radical (unpaired) electrons. The average molecular weight is 372 g/mol. The molecule has 2 aromatic carbocycles. The van der Waals surface area contributed by atoms with Crippen molar-refractivity contribution in [2.24, 2.45) is 4.99 Å². The Morgan fingerprint density at radius 2 is 2.04 bits per heavy atom. The Bertz CT molecular complexity index is 1050. The van der Waals surface area contributed by atoms with Crippen LogP contribution in [-0.4, -0.2) is 23.7 Å². The minimum Gasteiger partial charge on any atom is -0.486 e. The summed E-state index contributed by atoms with van der Waals surface area (Å²) in [5, 5.41) is 0. The van der Waals surface area contributed by atoms with Gasteiger partial charge in [-0.15, -0.1) is 0 Å². The number of nitrogens with zero attached hydrogens (tertiary/aromatic N) is 2. The molecule has 0 N–H and O–H groups in total. The zero-order valence-corrected chi connectivity index (χ0v) is 15.0. The van der Waals surface area contributed by atoms with Crippen LogP contribution in [-0.2, 0) is 6.54 Å². The summed E-state index contributed by atoms with van der Waals surface area (Å²) in [5.41, 5.74) is 0.906. The molecule has 5 nitrogen and oxygen atoms in total. The summed E-state index contributed by atoms with van der Waals surface area (Å²) >= 11 is 1.31. The topological polar surface area (TPSA) is 52.8 Å². The van der Waals surface area contributed by atoms with E-state index in [0.717, 1.165) is 11.1 Å². The molecule has 1 aliphatic heterocycles. The van der Waals surface area contributed by atoms with Crippen LogP contribution >= 0.6 is 11.3 Å². The number of carbonyl (C=O) groups is 1. The first kappa shape index (κ1) is 16.8. The molecule has 3 aromatic rings. The molecule has 0 saturated carbocycles. The van der Waals surface area contributed by atoms with Gasteiger partial charge in [-0.25, -0.2) is 4.39 Å². The number of fused-ring (bicyclic) bond motifs is 2. The van der Waals surface area contributed by atoms with E-state index in [9.17, 15) is 9.18 Å². The summed E-state index contributed by atoms with van der Waals surface area (Å²) in [6.07, 6.45) is 0.811. The van der Waals surface area contributed by atoms with Crippen LogP contribution < -0.4 is 14.3 Å². The molecule has 4 rings (SSSR count). The predicted octanol–water partition coefficient (Wildman–Crippen LogP) is 3.76. The van der Waals surface area contributed by atoms with E-state index >= 15 is 0 Å². The zero-order valence-electron chi connectivity index (χ0n) is 14.2. The first-order valence-electron chi connectivity index (χ1n) is 8.44. The van der Waals surface area contributed by atoms with Gasteiger partial charge in [0.05, 0.1) is 10.2 Å². The quantitative estimate of drug-likeness (QED) is 0.703. The normalized spacial score (nSPS) is 14.0. The molecule has 1 aliphatic rings. The number of amides is 1. The smallest absolute Gasteiger partial charge is 0.279 e. The molecule has 0 aliphatic carbocycles. The Balaban J connectivity index is 1.79. The van der Waals surface area contributed by atoms with Crippen molar-refractivity contribution in [2.45, 2.75) is 19.9 Å². The Morgan fingerprint density at radius 3 is 2.85 bits per heavy atom. The van der Waals surface area contributed by atoms with E-state index in [-0.39, 0.29) is 5.82 Å². The van der Waals surface area contributed by atoms with Crippen molar-refractivity contribution in [1.82, 2.24) is 4.57 Å². The van der Waals surface area contributed by atoms with Gasteiger partial charge in [0, 0.05) is 12.1 Å². The predicted molar refractivity (Wildman–Crippen MR) is 97.4 cm³/mol. The Labute approximate surface area is 153 Å². The summed E-state index contributed by atoms with van der Waals surface area (Å²) in [5.74, 6) is 0.470. The Hall–Kier alpha value is -2.67. The molecule has 1 aromatic heterocycles. The van der Waals surface area contributed by atoms with Crippen molar-refractivity contribution in [2.75, 3.05) is 13.2 Å². The molecular weight excluding hydrogens is 355 g/mol. The number of ether oxygens (including phenoxy) is 2. The van der Waals surface area contributed by atoms with Gasteiger partial charge in [0.15, 0.2) is 16.3 Å². The highest BCUT2D eigenvalue weighted by Crippen LogP contribution is 2.31. The van der Waals surface area contributed by atoms with Gasteiger partial charge >= 0.3 is 0 Å². The minimum absolute atomic E-state index is 0.305. The molecule has 0 atom stereocenters. The van der Waals surface area contributed by atoms with Gasteiger partial charge in [-0.2, -0.15) is 4.99 Å². The van der Waals surface area contributed by atoms with Crippen LogP contribution in [0.15, 0.2) is 41.4 Å². The molecule has 134 valence electrons. The molecule has 1 amide bonds. The van der Waals surface area contributed by atoms with Crippen molar-refractivity contribution < 1.29 is 18.7 Å². The third kappa shape index (κ3) is 2.99. The number of benzene rings is 2. The van der Waals surface area contributed by atoms with Gasteiger partial charge in [0.25, 0.3) is 5.91 Å². The molecular formula is C19H17FN2O3S. The van der Waals surface area contributed by atoms with Gasteiger partial charge in [-0.05, 0) is 36.8 Å². The molecule has 7 heteroatoms. The second-order valence-electron chi connectivity index (χ2n) is 5.90. The fraction of sp³-hybridized carbons (Fsp3) is 0.263. The van der Waals surface area contributed by atoms with Crippen molar-refractivity contribution in [3.63, 3.8) is 0 Å². The van der Waals surface area contributed by atoms with E-state index in [1.54, 1.807) is 28.8 Å². The van der Waals surface area contributed by atoms with Crippen LogP contribution in [0.25, 0.3) is 10.2 Å². The lowest BCUT2D eigenvalue weighted by Crippen LogP contribution is -2.18. The van der Waals surface area contributed by atoms with Gasteiger partial charge in [0.2, 0.25) is 0 Å². The van der Waals surface area contributed by atoms with Crippen LogP contribution in [0.2, 0.25) is 0 Å². The molecule has 0 saturated heterocycles. The van der Waals surface area contributed by atoms with E-state index in [1.165, 1.54) is 17.4 Å². The molecule has 0 fully saturated rings. The first-order valence-corrected chi connectivity index (χ1v) is 9.25. The first-order chi connectivity index (χ1) is 12.7. The highest BCUT2D eigenvalue weighted by Gasteiger charge is 2.16. The lowest BCUT2D eigenvalue weighted by atomic mass is 10.2. The lowest BCUT2D eigenvalue weighted by Gasteiger charge is -2.18.